The molecule has 0 saturated heterocycles. The van der Waals surface area contributed by atoms with Gasteiger partial charge in [-0.25, -0.2) is 4.57 Å². The predicted molar refractivity (Wildman–Crippen MR) is 235 cm³/mol. The molecule has 1 aliphatic rings. The smallest absolute Gasteiger partial charge is 0.462 e. The average Bonchev–Trinajstić information content (AvgIpc) is 3.23. The van der Waals surface area contributed by atoms with Crippen LogP contribution in [0.3, 0.4) is 0 Å². The fourth-order valence-corrected chi connectivity index (χ4v) is 8.17. The van der Waals surface area contributed by atoms with Crippen molar-refractivity contribution in [1.82, 2.24) is 0 Å². The number of unbranched alkanes of at least 4 members (excludes halogenated alkanes) is 23. The van der Waals surface area contributed by atoms with Gasteiger partial charge in [0, 0.05) is 12.8 Å². The molecule has 0 aromatic heterocycles. The lowest BCUT2D eigenvalue weighted by molar-refractivity contribution is -0.220. The molecular weight excluding hydrogens is 791 g/mol. The standard InChI is InChI=1S/C46H85O13P/c1-3-5-7-9-11-13-15-17-19-21-23-25-27-29-31-33-35-40(48)58-38(37-57-60(54,55)59-46-44(52)42(50)41(49)43(51)45(46)53)36-56-39(47)34-32-30-28-26-24-22-20-18-16-14-12-10-8-6-4-2/h13,15,19,21,38,41-46,49-53H,3-12,14,16-18,20,22-37H2,1-2H3,(H,54,55)/b15-13-,21-19-. The van der Waals surface area contributed by atoms with Crippen LogP contribution in [0.2, 0.25) is 0 Å². The van der Waals surface area contributed by atoms with E-state index in [2.05, 4.69) is 38.2 Å². The molecule has 0 aliphatic heterocycles. The third-order valence-electron chi connectivity index (χ3n) is 11.0. The van der Waals surface area contributed by atoms with Crippen LogP contribution in [0.25, 0.3) is 0 Å². The fraction of sp³-hybridized carbons (Fsp3) is 0.870. The summed E-state index contributed by atoms with van der Waals surface area (Å²) in [6.07, 6.45) is 26.5. The molecule has 0 amide bonds. The maximum Gasteiger partial charge on any atom is 0.472 e. The number of allylic oxidation sites excluding steroid dienone is 4. The monoisotopic (exact) mass is 877 g/mol. The van der Waals surface area contributed by atoms with Crippen LogP contribution in [0.1, 0.15) is 200 Å². The fourth-order valence-electron chi connectivity index (χ4n) is 7.20. The van der Waals surface area contributed by atoms with Crippen LogP contribution in [0, 0.1) is 0 Å². The van der Waals surface area contributed by atoms with E-state index in [0.29, 0.717) is 12.8 Å². The molecule has 1 aliphatic carbocycles. The summed E-state index contributed by atoms with van der Waals surface area (Å²) < 4.78 is 33.5. The summed E-state index contributed by atoms with van der Waals surface area (Å²) in [6, 6.07) is 0. The molecule has 0 bridgehead atoms. The molecule has 13 nitrogen and oxygen atoms in total. The molecule has 1 fully saturated rings. The van der Waals surface area contributed by atoms with Crippen LogP contribution < -0.4 is 0 Å². The number of phosphoric acid groups is 1. The van der Waals surface area contributed by atoms with E-state index in [-0.39, 0.29) is 12.8 Å². The van der Waals surface area contributed by atoms with Crippen LogP contribution in [0.4, 0.5) is 0 Å². The van der Waals surface area contributed by atoms with Crippen molar-refractivity contribution in [3.63, 3.8) is 0 Å². The van der Waals surface area contributed by atoms with Crippen LogP contribution in [-0.2, 0) is 32.7 Å². The maximum atomic E-state index is 12.8. The number of aliphatic hydroxyl groups excluding tert-OH is 5. The topological polar surface area (TPSA) is 210 Å². The van der Waals surface area contributed by atoms with Crippen molar-refractivity contribution < 1.29 is 63.1 Å². The van der Waals surface area contributed by atoms with Gasteiger partial charge in [-0.15, -0.1) is 0 Å². The Morgan fingerprint density at radius 3 is 1.37 bits per heavy atom. The summed E-state index contributed by atoms with van der Waals surface area (Å²) in [4.78, 5) is 35.7. The predicted octanol–water partition coefficient (Wildman–Crippen LogP) is 9.23. The minimum absolute atomic E-state index is 0.0834. The summed E-state index contributed by atoms with van der Waals surface area (Å²) in [5, 5.41) is 50.1. The third kappa shape index (κ3) is 28.8. The minimum Gasteiger partial charge on any atom is -0.462 e. The van der Waals surface area contributed by atoms with E-state index in [4.69, 9.17) is 18.5 Å². The summed E-state index contributed by atoms with van der Waals surface area (Å²) in [6.45, 7) is 3.28. The number of phosphoric ester groups is 1. The second-order valence-corrected chi connectivity index (χ2v) is 18.0. The zero-order chi connectivity index (χ0) is 44.3. The summed E-state index contributed by atoms with van der Waals surface area (Å²) in [5.74, 6) is -1.11. The first-order chi connectivity index (χ1) is 28.9. The molecule has 0 aromatic rings. The molecule has 0 radical (unpaired) electrons. The molecule has 6 atom stereocenters. The van der Waals surface area contributed by atoms with Gasteiger partial charge < -0.3 is 39.9 Å². The van der Waals surface area contributed by atoms with Gasteiger partial charge in [-0.1, -0.05) is 167 Å². The Hall–Kier alpha value is -1.67. The first-order valence-corrected chi connectivity index (χ1v) is 25.1. The Bertz CT molecular complexity index is 1150. The second-order valence-electron chi connectivity index (χ2n) is 16.6. The van der Waals surface area contributed by atoms with E-state index in [1.807, 2.05) is 0 Å². The summed E-state index contributed by atoms with van der Waals surface area (Å²) in [5.41, 5.74) is 0. The molecular formula is C46H85O13P. The number of hydrogen-bond acceptors (Lipinski definition) is 12. The number of hydrogen-bond donors (Lipinski definition) is 6. The molecule has 1 saturated carbocycles. The molecule has 6 unspecified atom stereocenters. The molecule has 352 valence electrons. The molecule has 1 rings (SSSR count). The highest BCUT2D eigenvalue weighted by atomic mass is 31.2. The lowest BCUT2D eigenvalue weighted by atomic mass is 9.85. The van der Waals surface area contributed by atoms with Crippen molar-refractivity contribution in [1.29, 1.82) is 0 Å². The van der Waals surface area contributed by atoms with Gasteiger partial charge in [-0.05, 0) is 44.9 Å². The largest absolute Gasteiger partial charge is 0.472 e. The van der Waals surface area contributed by atoms with E-state index in [9.17, 15) is 44.6 Å². The van der Waals surface area contributed by atoms with Crippen molar-refractivity contribution in [2.24, 2.45) is 0 Å². The Kier molecular flexibility index (Phi) is 34.5. The molecule has 60 heavy (non-hydrogen) atoms. The molecule has 6 N–H and O–H groups in total. The third-order valence-corrected chi connectivity index (χ3v) is 12.0. The van der Waals surface area contributed by atoms with Gasteiger partial charge in [0.2, 0.25) is 0 Å². The van der Waals surface area contributed by atoms with Crippen molar-refractivity contribution in [2.45, 2.75) is 243 Å². The highest BCUT2D eigenvalue weighted by Crippen LogP contribution is 2.47. The Morgan fingerprint density at radius 2 is 0.900 bits per heavy atom. The molecule has 0 aromatic carbocycles. The zero-order valence-electron chi connectivity index (χ0n) is 37.3. The van der Waals surface area contributed by atoms with Gasteiger partial charge in [-0.3, -0.25) is 18.6 Å². The zero-order valence-corrected chi connectivity index (χ0v) is 38.2. The van der Waals surface area contributed by atoms with Gasteiger partial charge in [0.1, 0.15) is 43.2 Å². The van der Waals surface area contributed by atoms with E-state index in [0.717, 1.165) is 64.2 Å². The Labute approximate surface area is 362 Å². The quantitative estimate of drug-likeness (QED) is 0.0147. The average molecular weight is 877 g/mol. The van der Waals surface area contributed by atoms with E-state index < -0.39 is 75.7 Å². The first kappa shape index (κ1) is 56.3. The molecule has 0 spiro atoms. The van der Waals surface area contributed by atoms with Gasteiger partial charge in [0.15, 0.2) is 6.10 Å². The van der Waals surface area contributed by atoms with Crippen LogP contribution in [0.5, 0.6) is 0 Å². The number of carbonyl (C=O) groups is 2. The van der Waals surface area contributed by atoms with Crippen molar-refractivity contribution >= 4 is 19.8 Å². The maximum absolute atomic E-state index is 12.8. The summed E-state index contributed by atoms with van der Waals surface area (Å²) in [7, 11) is -5.12. The van der Waals surface area contributed by atoms with Crippen molar-refractivity contribution in [3.8, 4) is 0 Å². The van der Waals surface area contributed by atoms with E-state index in [1.165, 1.54) is 96.3 Å². The van der Waals surface area contributed by atoms with Crippen molar-refractivity contribution in [3.05, 3.63) is 24.3 Å². The number of esters is 2. The van der Waals surface area contributed by atoms with Gasteiger partial charge in [-0.2, -0.15) is 0 Å². The Balaban J connectivity index is 2.46. The number of aliphatic hydroxyl groups is 5. The van der Waals surface area contributed by atoms with E-state index >= 15 is 0 Å². The lowest BCUT2D eigenvalue weighted by Gasteiger charge is -2.41. The van der Waals surface area contributed by atoms with Crippen LogP contribution in [-0.4, -0.2) is 98.3 Å². The number of carbonyl (C=O) groups excluding carboxylic acids is 2. The highest BCUT2D eigenvalue weighted by molar-refractivity contribution is 7.47. The minimum atomic E-state index is -5.12. The van der Waals surface area contributed by atoms with Gasteiger partial charge in [0.05, 0.1) is 6.61 Å². The SMILES string of the molecule is CCCCCC/C=C\C/C=C\CCCCCCCC(=O)OC(COC(=O)CCCCCCCCCCCCCCCCC)COP(=O)(O)OC1C(O)C(O)C(O)C(O)C1O. The normalized spacial score (nSPS) is 22.3. The summed E-state index contributed by atoms with van der Waals surface area (Å²) >= 11 is 0. The van der Waals surface area contributed by atoms with E-state index in [1.54, 1.807) is 0 Å². The van der Waals surface area contributed by atoms with Gasteiger partial charge in [0.25, 0.3) is 0 Å². The first-order valence-electron chi connectivity index (χ1n) is 23.6. The Morgan fingerprint density at radius 1 is 0.517 bits per heavy atom. The van der Waals surface area contributed by atoms with Crippen LogP contribution >= 0.6 is 7.82 Å². The highest BCUT2D eigenvalue weighted by Gasteiger charge is 2.51. The number of rotatable bonds is 39. The number of ether oxygens (including phenoxy) is 2. The second kappa shape index (κ2) is 36.8. The lowest BCUT2D eigenvalue weighted by Crippen LogP contribution is -2.64. The molecule has 0 heterocycles. The van der Waals surface area contributed by atoms with Crippen LogP contribution in [0.15, 0.2) is 24.3 Å². The van der Waals surface area contributed by atoms with Crippen molar-refractivity contribution in [2.75, 3.05) is 13.2 Å². The molecule has 14 heteroatoms. The van der Waals surface area contributed by atoms with Gasteiger partial charge >= 0.3 is 19.8 Å².